The number of fused-ring (bicyclic) bond motifs is 1. The van der Waals surface area contributed by atoms with Crippen LogP contribution in [0.25, 0.3) is 17.0 Å². The van der Waals surface area contributed by atoms with E-state index in [-0.39, 0.29) is 5.91 Å². The van der Waals surface area contributed by atoms with Crippen LogP contribution in [0, 0.1) is 13.8 Å². The molecule has 7 heteroatoms. The van der Waals surface area contributed by atoms with Gasteiger partial charge in [0.2, 0.25) is 0 Å². The van der Waals surface area contributed by atoms with Crippen LogP contribution in [-0.2, 0) is 11.3 Å². The fraction of sp³-hybridized carbons (Fsp3) is 0.217. The SMILES string of the molecule is Cc1ccc(O[C@H](C)C(=O)NCc2ccc(-c3ccnc4ncnn34)cc2)cc1C. The van der Waals surface area contributed by atoms with Gasteiger partial charge in [0.15, 0.2) is 6.10 Å². The van der Waals surface area contributed by atoms with E-state index < -0.39 is 6.10 Å². The van der Waals surface area contributed by atoms with E-state index in [4.69, 9.17) is 4.74 Å². The molecule has 2 aromatic carbocycles. The third-order valence-electron chi connectivity index (χ3n) is 5.06. The molecule has 0 bridgehead atoms. The van der Waals surface area contributed by atoms with Crippen LogP contribution >= 0.6 is 0 Å². The molecular formula is C23H23N5O2. The van der Waals surface area contributed by atoms with E-state index in [1.54, 1.807) is 17.6 Å². The molecule has 0 spiro atoms. The Morgan fingerprint density at radius 1 is 1.07 bits per heavy atom. The van der Waals surface area contributed by atoms with E-state index in [2.05, 4.69) is 20.4 Å². The molecule has 4 rings (SSSR count). The Bertz CT molecular complexity index is 1180. The smallest absolute Gasteiger partial charge is 0.261 e. The highest BCUT2D eigenvalue weighted by atomic mass is 16.5. The molecule has 7 nitrogen and oxygen atoms in total. The van der Waals surface area contributed by atoms with Gasteiger partial charge in [-0.25, -0.2) is 4.98 Å². The van der Waals surface area contributed by atoms with E-state index in [0.717, 1.165) is 22.4 Å². The minimum atomic E-state index is -0.580. The summed E-state index contributed by atoms with van der Waals surface area (Å²) < 4.78 is 7.47. The monoisotopic (exact) mass is 401 g/mol. The largest absolute Gasteiger partial charge is 0.481 e. The van der Waals surface area contributed by atoms with Crippen molar-refractivity contribution in [1.82, 2.24) is 24.9 Å². The predicted octanol–water partition coefficient (Wildman–Crippen LogP) is 3.49. The molecule has 0 aliphatic carbocycles. The minimum Gasteiger partial charge on any atom is -0.481 e. The number of carbonyl (C=O) groups excluding carboxylic acids is 1. The summed E-state index contributed by atoms with van der Waals surface area (Å²) in [5, 5.41) is 7.14. The first-order valence-corrected chi connectivity index (χ1v) is 9.77. The second-order valence-electron chi connectivity index (χ2n) is 7.22. The van der Waals surface area contributed by atoms with E-state index in [0.29, 0.717) is 18.1 Å². The third-order valence-corrected chi connectivity index (χ3v) is 5.06. The predicted molar refractivity (Wildman–Crippen MR) is 114 cm³/mol. The van der Waals surface area contributed by atoms with Crippen molar-refractivity contribution >= 4 is 11.7 Å². The van der Waals surface area contributed by atoms with Crippen molar-refractivity contribution in [2.75, 3.05) is 0 Å². The second-order valence-corrected chi connectivity index (χ2v) is 7.22. The van der Waals surface area contributed by atoms with Gasteiger partial charge in [-0.15, -0.1) is 0 Å². The van der Waals surface area contributed by atoms with Crippen LogP contribution in [0.3, 0.4) is 0 Å². The number of nitrogens with zero attached hydrogens (tertiary/aromatic N) is 4. The molecule has 1 atom stereocenters. The van der Waals surface area contributed by atoms with E-state index in [1.165, 1.54) is 11.9 Å². The lowest BCUT2D eigenvalue weighted by Crippen LogP contribution is -2.35. The number of benzene rings is 2. The van der Waals surface area contributed by atoms with Gasteiger partial charge >= 0.3 is 0 Å². The molecular weight excluding hydrogens is 378 g/mol. The molecule has 2 aromatic heterocycles. The summed E-state index contributed by atoms with van der Waals surface area (Å²) in [5.41, 5.74) is 5.23. The molecule has 0 aliphatic heterocycles. The first-order valence-electron chi connectivity index (χ1n) is 9.77. The number of nitrogens with one attached hydrogen (secondary N) is 1. The third kappa shape index (κ3) is 4.15. The summed E-state index contributed by atoms with van der Waals surface area (Å²) in [6.45, 7) is 6.25. The van der Waals surface area contributed by atoms with Crippen molar-refractivity contribution in [3.63, 3.8) is 0 Å². The van der Waals surface area contributed by atoms with E-state index in [9.17, 15) is 4.79 Å². The van der Waals surface area contributed by atoms with Crippen LogP contribution in [0.5, 0.6) is 5.75 Å². The maximum absolute atomic E-state index is 12.4. The van der Waals surface area contributed by atoms with Gasteiger partial charge in [0.05, 0.1) is 5.69 Å². The topological polar surface area (TPSA) is 81.4 Å². The standard InChI is InChI=1S/C23H23N5O2/c1-15-4-9-20(12-16(15)2)30-17(3)22(29)25-13-18-5-7-19(8-6-18)21-10-11-24-23-26-14-27-28(21)23/h4-12,14,17H,13H2,1-3H3,(H,25,29)/t17-/m1/s1. The van der Waals surface area contributed by atoms with Gasteiger partial charge in [-0.05, 0) is 55.7 Å². The fourth-order valence-corrected chi connectivity index (χ4v) is 3.13. The number of aromatic nitrogens is 4. The molecule has 30 heavy (non-hydrogen) atoms. The summed E-state index contributed by atoms with van der Waals surface area (Å²) in [6.07, 6.45) is 2.62. The normalized spacial score (nSPS) is 12.0. The maximum atomic E-state index is 12.4. The number of ether oxygens (including phenoxy) is 1. The van der Waals surface area contributed by atoms with Crippen LogP contribution in [0.1, 0.15) is 23.6 Å². The molecule has 0 fully saturated rings. The summed E-state index contributed by atoms with van der Waals surface area (Å²) in [7, 11) is 0. The van der Waals surface area contributed by atoms with Crippen molar-refractivity contribution in [2.24, 2.45) is 0 Å². The second kappa shape index (κ2) is 8.32. The number of amides is 1. The molecule has 0 saturated heterocycles. The quantitative estimate of drug-likeness (QED) is 0.535. The van der Waals surface area contributed by atoms with Crippen molar-refractivity contribution in [2.45, 2.75) is 33.4 Å². The Morgan fingerprint density at radius 3 is 2.63 bits per heavy atom. The van der Waals surface area contributed by atoms with Gasteiger partial charge in [0.1, 0.15) is 12.1 Å². The lowest BCUT2D eigenvalue weighted by atomic mass is 10.1. The summed E-state index contributed by atoms with van der Waals surface area (Å²) in [5.74, 6) is 1.10. The number of hydrogen-bond donors (Lipinski definition) is 1. The average molecular weight is 401 g/mol. The van der Waals surface area contributed by atoms with Crippen molar-refractivity contribution < 1.29 is 9.53 Å². The fourth-order valence-electron chi connectivity index (χ4n) is 3.13. The zero-order chi connectivity index (χ0) is 21.1. The molecule has 0 unspecified atom stereocenters. The van der Waals surface area contributed by atoms with Crippen LogP contribution in [-0.4, -0.2) is 31.6 Å². The van der Waals surface area contributed by atoms with Gasteiger partial charge in [0, 0.05) is 18.3 Å². The van der Waals surface area contributed by atoms with Gasteiger partial charge in [0.25, 0.3) is 11.7 Å². The average Bonchev–Trinajstić information content (AvgIpc) is 3.24. The number of rotatable bonds is 6. The summed E-state index contributed by atoms with van der Waals surface area (Å²) >= 11 is 0. The number of aryl methyl sites for hydroxylation is 2. The van der Waals surface area contributed by atoms with Crippen molar-refractivity contribution in [3.05, 3.63) is 77.7 Å². The van der Waals surface area contributed by atoms with Gasteiger partial charge in [-0.2, -0.15) is 14.6 Å². The molecule has 1 amide bonds. The highest BCUT2D eigenvalue weighted by Crippen LogP contribution is 2.20. The molecule has 0 aliphatic rings. The lowest BCUT2D eigenvalue weighted by molar-refractivity contribution is -0.127. The zero-order valence-corrected chi connectivity index (χ0v) is 17.2. The molecule has 4 aromatic rings. The molecule has 2 heterocycles. The summed E-state index contributed by atoms with van der Waals surface area (Å²) in [4.78, 5) is 20.7. The Labute approximate surface area is 174 Å². The van der Waals surface area contributed by atoms with Crippen LogP contribution < -0.4 is 10.1 Å². The maximum Gasteiger partial charge on any atom is 0.261 e. The van der Waals surface area contributed by atoms with Gasteiger partial charge < -0.3 is 10.1 Å². The van der Waals surface area contributed by atoms with Gasteiger partial charge in [-0.3, -0.25) is 4.79 Å². The lowest BCUT2D eigenvalue weighted by Gasteiger charge is -2.16. The van der Waals surface area contributed by atoms with Gasteiger partial charge in [-0.1, -0.05) is 30.3 Å². The Balaban J connectivity index is 1.37. The molecule has 0 saturated carbocycles. The van der Waals surface area contributed by atoms with E-state index in [1.807, 2.05) is 62.4 Å². The summed E-state index contributed by atoms with van der Waals surface area (Å²) in [6, 6.07) is 15.7. The zero-order valence-electron chi connectivity index (χ0n) is 17.2. The first-order chi connectivity index (χ1) is 14.5. The number of hydrogen-bond acceptors (Lipinski definition) is 5. The van der Waals surface area contributed by atoms with Crippen molar-refractivity contribution in [3.8, 4) is 17.0 Å². The molecule has 152 valence electrons. The van der Waals surface area contributed by atoms with Crippen LogP contribution in [0.4, 0.5) is 0 Å². The minimum absolute atomic E-state index is 0.157. The Kier molecular flexibility index (Phi) is 5.43. The highest BCUT2D eigenvalue weighted by molar-refractivity contribution is 5.80. The number of carbonyl (C=O) groups is 1. The Morgan fingerprint density at radius 2 is 1.87 bits per heavy atom. The molecule has 0 radical (unpaired) electrons. The first kappa shape index (κ1) is 19.6. The molecule has 1 N–H and O–H groups in total. The van der Waals surface area contributed by atoms with Crippen LogP contribution in [0.2, 0.25) is 0 Å². The Hall–Kier alpha value is -3.74. The van der Waals surface area contributed by atoms with Crippen molar-refractivity contribution in [1.29, 1.82) is 0 Å². The van der Waals surface area contributed by atoms with E-state index >= 15 is 0 Å². The van der Waals surface area contributed by atoms with Crippen LogP contribution in [0.15, 0.2) is 61.1 Å². The highest BCUT2D eigenvalue weighted by Gasteiger charge is 2.15.